The lowest BCUT2D eigenvalue weighted by Crippen LogP contribution is -2.12. The van der Waals surface area contributed by atoms with Crippen LogP contribution >= 0.6 is 11.3 Å². The maximum atomic E-state index is 12.8. The number of rotatable bonds is 5. The molecule has 0 atom stereocenters. The second-order valence-corrected chi connectivity index (χ2v) is 7.44. The molecule has 0 unspecified atom stereocenters. The summed E-state index contributed by atoms with van der Waals surface area (Å²) in [4.78, 5) is 26.3. The molecule has 30 heavy (non-hydrogen) atoms. The Morgan fingerprint density at radius 2 is 1.80 bits per heavy atom. The summed E-state index contributed by atoms with van der Waals surface area (Å²) >= 11 is 1.53. The second-order valence-electron chi connectivity index (χ2n) is 6.49. The van der Waals surface area contributed by atoms with E-state index in [0.29, 0.717) is 22.8 Å². The molecule has 152 valence electrons. The van der Waals surface area contributed by atoms with Gasteiger partial charge in [0, 0.05) is 17.0 Å². The number of carbonyl (C=O) groups is 2. The number of aryl methyl sites for hydroxylation is 1. The molecule has 1 aliphatic rings. The summed E-state index contributed by atoms with van der Waals surface area (Å²) in [6, 6.07) is 11.6. The van der Waals surface area contributed by atoms with Gasteiger partial charge in [0.2, 0.25) is 5.78 Å². The Hall–Kier alpha value is -3.58. The highest BCUT2D eigenvalue weighted by Gasteiger charge is 2.29. The lowest BCUT2D eigenvalue weighted by molar-refractivity contribution is 0.0727. The Labute approximate surface area is 177 Å². The highest BCUT2D eigenvalue weighted by atomic mass is 32.1. The van der Waals surface area contributed by atoms with E-state index in [4.69, 9.17) is 18.9 Å². The predicted molar refractivity (Wildman–Crippen MR) is 113 cm³/mol. The summed E-state index contributed by atoms with van der Waals surface area (Å²) < 4.78 is 21.7. The topological polar surface area (TPSA) is 71.1 Å². The van der Waals surface area contributed by atoms with E-state index in [1.165, 1.54) is 31.6 Å². The molecule has 6 nitrogen and oxygen atoms in total. The van der Waals surface area contributed by atoms with Gasteiger partial charge in [-0.3, -0.25) is 4.79 Å². The first-order valence-electron chi connectivity index (χ1n) is 9.07. The molecule has 0 aliphatic carbocycles. The molecule has 2 heterocycles. The summed E-state index contributed by atoms with van der Waals surface area (Å²) in [6.07, 6.45) is 1.73. The first-order chi connectivity index (χ1) is 14.5. The minimum absolute atomic E-state index is 0.175. The highest BCUT2D eigenvalue weighted by Crippen LogP contribution is 2.36. The molecule has 3 aromatic rings. The van der Waals surface area contributed by atoms with Crippen LogP contribution in [0.25, 0.3) is 6.08 Å². The van der Waals surface area contributed by atoms with Crippen LogP contribution in [0.2, 0.25) is 0 Å². The van der Waals surface area contributed by atoms with Gasteiger partial charge in [-0.05, 0) is 48.2 Å². The molecular weight excluding hydrogens is 404 g/mol. The molecule has 0 N–H and O–H groups in total. The predicted octanol–water partition coefficient (Wildman–Crippen LogP) is 4.91. The van der Waals surface area contributed by atoms with Crippen molar-refractivity contribution >= 4 is 29.2 Å². The van der Waals surface area contributed by atoms with Crippen LogP contribution in [0.5, 0.6) is 23.0 Å². The number of ketones is 1. The second kappa shape index (κ2) is 8.04. The fraction of sp³-hybridized carbons (Fsp3) is 0.130. The van der Waals surface area contributed by atoms with Crippen LogP contribution in [0.1, 0.15) is 31.2 Å². The van der Waals surface area contributed by atoms with E-state index in [0.717, 1.165) is 10.4 Å². The molecule has 7 heteroatoms. The Balaban J connectivity index is 1.60. The number of fused-ring (bicyclic) bond motifs is 1. The Kier molecular flexibility index (Phi) is 5.29. The number of allylic oxidation sites excluding steroid dienone is 1. The zero-order valence-corrected chi connectivity index (χ0v) is 17.4. The number of methoxy groups -OCH3 is 2. The number of carbonyl (C=O) groups excluding carboxylic acids is 2. The Bertz CT molecular complexity index is 1150. The van der Waals surface area contributed by atoms with E-state index in [-0.39, 0.29) is 22.9 Å². The number of hydrogen-bond acceptors (Lipinski definition) is 7. The van der Waals surface area contributed by atoms with E-state index in [1.807, 2.05) is 18.4 Å². The quantitative estimate of drug-likeness (QED) is 0.331. The SMILES string of the molecule is COc1cccc(OC)c1C(=O)Oc1ccc2c(c1)O/C(=C\c1sccc1C)C2=O. The number of hydrogen-bond donors (Lipinski definition) is 0. The van der Waals surface area contributed by atoms with Gasteiger partial charge >= 0.3 is 5.97 Å². The molecule has 0 saturated carbocycles. The third-order valence-corrected chi connectivity index (χ3v) is 5.61. The number of thiophene rings is 1. The van der Waals surface area contributed by atoms with E-state index in [1.54, 1.807) is 36.4 Å². The number of esters is 1. The van der Waals surface area contributed by atoms with Crippen molar-refractivity contribution in [3.05, 3.63) is 75.2 Å². The molecule has 2 aromatic carbocycles. The minimum Gasteiger partial charge on any atom is -0.496 e. The van der Waals surface area contributed by atoms with Crippen LogP contribution in [-0.2, 0) is 0 Å². The molecule has 1 aliphatic heterocycles. The van der Waals surface area contributed by atoms with Crippen molar-refractivity contribution in [1.82, 2.24) is 0 Å². The van der Waals surface area contributed by atoms with Gasteiger partial charge in [0.15, 0.2) is 5.76 Å². The van der Waals surface area contributed by atoms with E-state index < -0.39 is 5.97 Å². The summed E-state index contributed by atoms with van der Waals surface area (Å²) in [5.74, 6) is 0.656. The van der Waals surface area contributed by atoms with Gasteiger partial charge in [-0.1, -0.05) is 6.07 Å². The molecule has 0 saturated heterocycles. The zero-order chi connectivity index (χ0) is 21.3. The maximum Gasteiger partial charge on any atom is 0.351 e. The average Bonchev–Trinajstić information content (AvgIpc) is 3.30. The molecule has 0 spiro atoms. The largest absolute Gasteiger partial charge is 0.496 e. The molecule has 0 fully saturated rings. The van der Waals surface area contributed by atoms with Crippen molar-refractivity contribution in [3.63, 3.8) is 0 Å². The highest BCUT2D eigenvalue weighted by molar-refractivity contribution is 7.11. The molecule has 4 rings (SSSR count). The van der Waals surface area contributed by atoms with Crippen molar-refractivity contribution in [2.75, 3.05) is 14.2 Å². The van der Waals surface area contributed by atoms with Crippen molar-refractivity contribution in [2.24, 2.45) is 0 Å². The van der Waals surface area contributed by atoms with Gasteiger partial charge in [0.1, 0.15) is 28.6 Å². The standard InChI is InChI=1S/C23H18O6S/c1-13-9-10-30-20(13)12-19-22(24)15-8-7-14(11-18(15)29-19)28-23(25)21-16(26-2)5-4-6-17(21)27-3/h4-12H,1-3H3/b19-12-. The van der Waals surface area contributed by atoms with Crippen LogP contribution in [-0.4, -0.2) is 26.0 Å². The summed E-state index contributed by atoms with van der Waals surface area (Å²) in [5, 5.41) is 1.96. The summed E-state index contributed by atoms with van der Waals surface area (Å²) in [7, 11) is 2.92. The first kappa shape index (κ1) is 19.7. The maximum absolute atomic E-state index is 12.8. The number of ether oxygens (including phenoxy) is 4. The third kappa shape index (κ3) is 3.55. The van der Waals surface area contributed by atoms with E-state index in [9.17, 15) is 9.59 Å². The van der Waals surface area contributed by atoms with Gasteiger partial charge < -0.3 is 18.9 Å². The Morgan fingerprint density at radius 3 is 2.43 bits per heavy atom. The van der Waals surface area contributed by atoms with Crippen LogP contribution in [0.4, 0.5) is 0 Å². The number of benzene rings is 2. The number of Topliss-reactive ketones (excluding diaryl/α,β-unsaturated/α-hetero) is 1. The lowest BCUT2D eigenvalue weighted by atomic mass is 10.1. The van der Waals surface area contributed by atoms with Crippen LogP contribution in [0.15, 0.2) is 53.6 Å². The third-order valence-electron chi connectivity index (χ3n) is 4.65. The van der Waals surface area contributed by atoms with Gasteiger partial charge in [-0.2, -0.15) is 0 Å². The monoisotopic (exact) mass is 422 g/mol. The molecule has 0 radical (unpaired) electrons. The van der Waals surface area contributed by atoms with E-state index in [2.05, 4.69) is 0 Å². The van der Waals surface area contributed by atoms with Crippen LogP contribution in [0.3, 0.4) is 0 Å². The normalized spacial score (nSPS) is 13.7. The van der Waals surface area contributed by atoms with Gasteiger partial charge in [0.25, 0.3) is 0 Å². The minimum atomic E-state index is -0.640. The van der Waals surface area contributed by atoms with Crippen molar-refractivity contribution in [2.45, 2.75) is 6.92 Å². The fourth-order valence-corrected chi connectivity index (χ4v) is 3.94. The molecular formula is C23H18O6S. The van der Waals surface area contributed by atoms with Gasteiger partial charge in [-0.15, -0.1) is 11.3 Å². The van der Waals surface area contributed by atoms with Crippen molar-refractivity contribution < 1.29 is 28.5 Å². The molecule has 1 aromatic heterocycles. The Morgan fingerprint density at radius 1 is 1.07 bits per heavy atom. The smallest absolute Gasteiger partial charge is 0.351 e. The van der Waals surface area contributed by atoms with Crippen molar-refractivity contribution in [3.8, 4) is 23.0 Å². The molecule has 0 amide bonds. The van der Waals surface area contributed by atoms with Crippen LogP contribution in [0, 0.1) is 6.92 Å². The van der Waals surface area contributed by atoms with Crippen LogP contribution < -0.4 is 18.9 Å². The first-order valence-corrected chi connectivity index (χ1v) is 9.95. The summed E-state index contributed by atoms with van der Waals surface area (Å²) in [6.45, 7) is 1.97. The summed E-state index contributed by atoms with van der Waals surface area (Å²) in [5.41, 5.74) is 1.67. The molecule has 0 bridgehead atoms. The van der Waals surface area contributed by atoms with Gasteiger partial charge in [-0.25, -0.2) is 4.79 Å². The zero-order valence-electron chi connectivity index (χ0n) is 16.6. The van der Waals surface area contributed by atoms with E-state index >= 15 is 0 Å². The average molecular weight is 422 g/mol. The van der Waals surface area contributed by atoms with Gasteiger partial charge in [0.05, 0.1) is 19.8 Å². The van der Waals surface area contributed by atoms with Crippen molar-refractivity contribution in [1.29, 1.82) is 0 Å². The lowest BCUT2D eigenvalue weighted by Gasteiger charge is -2.12. The fourth-order valence-electron chi connectivity index (χ4n) is 3.09.